The van der Waals surface area contributed by atoms with Gasteiger partial charge in [-0.3, -0.25) is 4.90 Å². The number of amides is 2. The third-order valence-corrected chi connectivity index (χ3v) is 2.31. The summed E-state index contributed by atoms with van der Waals surface area (Å²) in [6.45, 7) is 1.42. The fraction of sp³-hybridized carbons (Fsp3) is 0.250. The van der Waals surface area contributed by atoms with Gasteiger partial charge < -0.3 is 5.32 Å². The van der Waals surface area contributed by atoms with Crippen molar-refractivity contribution in [1.82, 2.24) is 10.3 Å². The molecule has 2 heterocycles. The van der Waals surface area contributed by atoms with E-state index in [-0.39, 0.29) is 6.03 Å². The minimum atomic E-state index is -0.0434. The zero-order chi connectivity index (χ0) is 9.26. The molecule has 0 atom stereocenters. The van der Waals surface area contributed by atoms with E-state index in [1.807, 2.05) is 12.1 Å². The van der Waals surface area contributed by atoms with Gasteiger partial charge in [-0.25, -0.2) is 9.78 Å². The zero-order valence-corrected chi connectivity index (χ0v) is 8.41. The van der Waals surface area contributed by atoms with Crippen LogP contribution in [0.2, 0.25) is 0 Å². The molecule has 0 unspecified atom stereocenters. The largest absolute Gasteiger partial charge is 0.336 e. The summed E-state index contributed by atoms with van der Waals surface area (Å²) in [6.07, 6.45) is 1.67. The van der Waals surface area contributed by atoms with E-state index < -0.39 is 0 Å². The number of nitrogens with zero attached hydrogens (tertiary/aromatic N) is 2. The van der Waals surface area contributed by atoms with E-state index in [0.717, 1.165) is 16.8 Å². The first kappa shape index (κ1) is 8.50. The first-order valence-corrected chi connectivity index (χ1v) is 4.73. The highest BCUT2D eigenvalue weighted by atomic mass is 79.9. The van der Waals surface area contributed by atoms with Gasteiger partial charge in [0, 0.05) is 25.0 Å². The van der Waals surface area contributed by atoms with Gasteiger partial charge in [0.15, 0.2) is 0 Å². The number of urea groups is 1. The molecule has 0 aromatic carbocycles. The van der Waals surface area contributed by atoms with Crippen LogP contribution in [0.25, 0.3) is 0 Å². The van der Waals surface area contributed by atoms with Crippen molar-refractivity contribution in [2.75, 3.05) is 18.0 Å². The minimum Gasteiger partial charge on any atom is -0.336 e. The van der Waals surface area contributed by atoms with Crippen LogP contribution in [-0.2, 0) is 0 Å². The number of anilines is 1. The third kappa shape index (κ3) is 1.65. The molecule has 1 aromatic heterocycles. The van der Waals surface area contributed by atoms with E-state index in [1.165, 1.54) is 0 Å². The molecular weight excluding hydrogens is 234 g/mol. The monoisotopic (exact) mass is 241 g/mol. The molecule has 0 radical (unpaired) electrons. The molecule has 2 amide bonds. The van der Waals surface area contributed by atoms with Crippen LogP contribution >= 0.6 is 15.9 Å². The summed E-state index contributed by atoms with van der Waals surface area (Å²) in [4.78, 5) is 16.9. The fourth-order valence-electron chi connectivity index (χ4n) is 1.28. The molecule has 68 valence electrons. The van der Waals surface area contributed by atoms with E-state index >= 15 is 0 Å². The molecule has 1 aromatic rings. The Bertz CT molecular complexity index is 342. The lowest BCUT2D eigenvalue weighted by Gasteiger charge is -2.13. The Morgan fingerprint density at radius 2 is 2.46 bits per heavy atom. The Morgan fingerprint density at radius 1 is 1.62 bits per heavy atom. The van der Waals surface area contributed by atoms with Gasteiger partial charge in [0.25, 0.3) is 0 Å². The SMILES string of the molecule is O=C1NCCN1c1ccnc(Br)c1. The van der Waals surface area contributed by atoms with E-state index in [4.69, 9.17) is 0 Å². The van der Waals surface area contributed by atoms with Gasteiger partial charge >= 0.3 is 6.03 Å². The number of carbonyl (C=O) groups is 1. The smallest absolute Gasteiger partial charge is 0.321 e. The number of rotatable bonds is 1. The van der Waals surface area contributed by atoms with E-state index in [9.17, 15) is 4.79 Å². The average Bonchev–Trinajstić information content (AvgIpc) is 2.51. The molecule has 5 heteroatoms. The van der Waals surface area contributed by atoms with Crippen LogP contribution in [0.4, 0.5) is 10.5 Å². The number of nitrogens with one attached hydrogen (secondary N) is 1. The summed E-state index contributed by atoms with van der Waals surface area (Å²) in [5.41, 5.74) is 0.872. The number of halogens is 1. The lowest BCUT2D eigenvalue weighted by Crippen LogP contribution is -2.27. The summed E-state index contributed by atoms with van der Waals surface area (Å²) in [7, 11) is 0. The summed E-state index contributed by atoms with van der Waals surface area (Å²) >= 11 is 3.26. The van der Waals surface area contributed by atoms with Crippen molar-refractivity contribution in [3.63, 3.8) is 0 Å². The van der Waals surface area contributed by atoms with Gasteiger partial charge in [-0.2, -0.15) is 0 Å². The van der Waals surface area contributed by atoms with Crippen LogP contribution in [0.3, 0.4) is 0 Å². The van der Waals surface area contributed by atoms with Crippen LogP contribution in [0.5, 0.6) is 0 Å². The van der Waals surface area contributed by atoms with Gasteiger partial charge in [0.1, 0.15) is 4.60 Å². The molecule has 1 fully saturated rings. The van der Waals surface area contributed by atoms with Crippen molar-refractivity contribution >= 4 is 27.6 Å². The van der Waals surface area contributed by atoms with Crippen molar-refractivity contribution in [2.24, 2.45) is 0 Å². The molecule has 0 aliphatic carbocycles. The van der Waals surface area contributed by atoms with Crippen molar-refractivity contribution < 1.29 is 4.79 Å². The minimum absolute atomic E-state index is 0.0434. The topological polar surface area (TPSA) is 45.2 Å². The van der Waals surface area contributed by atoms with Crippen molar-refractivity contribution in [3.8, 4) is 0 Å². The normalized spacial score (nSPS) is 16.1. The number of carbonyl (C=O) groups excluding carboxylic acids is 1. The molecule has 0 saturated carbocycles. The molecule has 0 bridgehead atoms. The van der Waals surface area contributed by atoms with E-state index in [2.05, 4.69) is 26.2 Å². The van der Waals surface area contributed by atoms with Crippen molar-refractivity contribution in [2.45, 2.75) is 0 Å². The molecule has 1 aliphatic heterocycles. The molecule has 1 saturated heterocycles. The van der Waals surface area contributed by atoms with Gasteiger partial charge in [-0.05, 0) is 28.1 Å². The fourth-order valence-corrected chi connectivity index (χ4v) is 1.63. The predicted octanol–water partition coefficient (Wildman–Crippen LogP) is 1.37. The maximum atomic E-state index is 11.3. The number of pyridine rings is 1. The quantitative estimate of drug-likeness (QED) is 0.756. The predicted molar refractivity (Wildman–Crippen MR) is 52.7 cm³/mol. The Balaban J connectivity index is 2.29. The zero-order valence-electron chi connectivity index (χ0n) is 6.83. The van der Waals surface area contributed by atoms with Gasteiger partial charge in [-0.15, -0.1) is 0 Å². The lowest BCUT2D eigenvalue weighted by molar-refractivity contribution is 0.252. The van der Waals surface area contributed by atoms with Crippen LogP contribution in [0.15, 0.2) is 22.9 Å². The van der Waals surface area contributed by atoms with E-state index in [1.54, 1.807) is 11.1 Å². The molecule has 4 nitrogen and oxygen atoms in total. The molecule has 2 rings (SSSR count). The third-order valence-electron chi connectivity index (χ3n) is 1.88. The van der Waals surface area contributed by atoms with Crippen molar-refractivity contribution in [1.29, 1.82) is 0 Å². The summed E-state index contributed by atoms with van der Waals surface area (Å²) in [6, 6.07) is 3.60. The highest BCUT2D eigenvalue weighted by Gasteiger charge is 2.20. The highest BCUT2D eigenvalue weighted by Crippen LogP contribution is 2.18. The second-order valence-electron chi connectivity index (χ2n) is 2.72. The Hall–Kier alpha value is -1.10. The average molecular weight is 242 g/mol. The van der Waals surface area contributed by atoms with Crippen LogP contribution in [-0.4, -0.2) is 24.1 Å². The van der Waals surface area contributed by atoms with Crippen LogP contribution in [0.1, 0.15) is 0 Å². The molecule has 13 heavy (non-hydrogen) atoms. The summed E-state index contributed by atoms with van der Waals surface area (Å²) < 4.78 is 0.740. The lowest BCUT2D eigenvalue weighted by atomic mass is 10.4. The first-order chi connectivity index (χ1) is 6.27. The first-order valence-electron chi connectivity index (χ1n) is 3.94. The Labute approximate surface area is 84.1 Å². The van der Waals surface area contributed by atoms with Gasteiger partial charge in [-0.1, -0.05) is 0 Å². The second-order valence-corrected chi connectivity index (χ2v) is 3.53. The molecule has 1 N–H and O–H groups in total. The number of hydrogen-bond donors (Lipinski definition) is 1. The number of hydrogen-bond acceptors (Lipinski definition) is 2. The van der Waals surface area contributed by atoms with E-state index in [0.29, 0.717) is 6.54 Å². The number of aromatic nitrogens is 1. The van der Waals surface area contributed by atoms with Gasteiger partial charge in [0.2, 0.25) is 0 Å². The highest BCUT2D eigenvalue weighted by molar-refractivity contribution is 9.10. The maximum absolute atomic E-state index is 11.3. The standard InChI is InChI=1S/C8H8BrN3O/c9-7-5-6(1-2-10-7)12-4-3-11-8(12)13/h1-2,5H,3-4H2,(H,11,13). The Morgan fingerprint density at radius 3 is 3.08 bits per heavy atom. The summed E-state index contributed by atoms with van der Waals surface area (Å²) in [5.74, 6) is 0. The maximum Gasteiger partial charge on any atom is 0.321 e. The summed E-state index contributed by atoms with van der Waals surface area (Å²) in [5, 5.41) is 2.74. The second kappa shape index (κ2) is 3.33. The van der Waals surface area contributed by atoms with Crippen LogP contribution < -0.4 is 10.2 Å². The van der Waals surface area contributed by atoms with Crippen LogP contribution in [0, 0.1) is 0 Å². The Kier molecular flexibility index (Phi) is 2.18. The van der Waals surface area contributed by atoms with Crippen molar-refractivity contribution in [3.05, 3.63) is 22.9 Å². The van der Waals surface area contributed by atoms with Gasteiger partial charge in [0.05, 0.1) is 0 Å². The molecule has 1 aliphatic rings. The molecular formula is C8H8BrN3O. The molecule has 0 spiro atoms.